The van der Waals surface area contributed by atoms with Crippen LogP contribution in [0, 0.1) is 11.6 Å². The average Bonchev–Trinajstić information content (AvgIpc) is 2.93. The van der Waals surface area contributed by atoms with Gasteiger partial charge in [-0.05, 0) is 91.8 Å². The summed E-state index contributed by atoms with van der Waals surface area (Å²) < 4.78 is 26.7. The number of anilines is 2. The van der Waals surface area contributed by atoms with Crippen LogP contribution in [0.15, 0.2) is 97.1 Å². The lowest BCUT2D eigenvalue weighted by atomic mass is 9.86. The van der Waals surface area contributed by atoms with E-state index in [-0.39, 0.29) is 23.1 Å². The van der Waals surface area contributed by atoms with Gasteiger partial charge in [-0.15, -0.1) is 0 Å². The van der Waals surface area contributed by atoms with E-state index in [9.17, 15) is 13.6 Å². The normalized spacial score (nSPS) is 15.6. The first-order valence-corrected chi connectivity index (χ1v) is 13.5. The van der Waals surface area contributed by atoms with Crippen LogP contribution in [0.3, 0.4) is 0 Å². The first kappa shape index (κ1) is 26.6. The van der Waals surface area contributed by atoms with Gasteiger partial charge in [-0.2, -0.15) is 0 Å². The van der Waals surface area contributed by atoms with Crippen molar-refractivity contribution in [1.82, 2.24) is 0 Å². The predicted octanol–water partition coefficient (Wildman–Crippen LogP) is 7.86. The van der Waals surface area contributed by atoms with Gasteiger partial charge >= 0.3 is 0 Å². The van der Waals surface area contributed by atoms with Gasteiger partial charge in [0.05, 0.1) is 6.54 Å². The molecule has 0 unspecified atom stereocenters. The standard InChI is InChI=1S/C18H20FN.C16H14FNO/c1-18(2)11-10-15-12-16(19)8-9-17(15)20(18)13-14-6-4-3-5-7-14;17-14-7-8-15-13(10-14)6-9-16(19)18(15)11-12-4-2-1-3-5-12/h3-9,12H,10-11,13H2,1-2H3;1-5,7-8,10H,6,9,11H2. The molecule has 0 radical (unpaired) electrons. The molecular formula is C34H34F2N2O. The van der Waals surface area contributed by atoms with Crippen molar-refractivity contribution in [3.05, 3.63) is 131 Å². The maximum atomic E-state index is 13.4. The van der Waals surface area contributed by atoms with Crippen LogP contribution in [-0.4, -0.2) is 11.4 Å². The van der Waals surface area contributed by atoms with E-state index in [0.29, 0.717) is 19.4 Å². The van der Waals surface area contributed by atoms with Crippen LogP contribution in [0.2, 0.25) is 0 Å². The molecule has 4 aromatic carbocycles. The number of hydrogen-bond acceptors (Lipinski definition) is 2. The molecule has 0 aromatic heterocycles. The highest BCUT2D eigenvalue weighted by Crippen LogP contribution is 2.38. The van der Waals surface area contributed by atoms with Gasteiger partial charge in [0.15, 0.2) is 0 Å². The predicted molar refractivity (Wildman–Crippen MR) is 154 cm³/mol. The van der Waals surface area contributed by atoms with Crippen molar-refractivity contribution in [2.24, 2.45) is 0 Å². The molecule has 1 amide bonds. The fourth-order valence-electron chi connectivity index (χ4n) is 5.45. The molecule has 0 spiro atoms. The summed E-state index contributed by atoms with van der Waals surface area (Å²) in [6, 6.07) is 30.1. The zero-order chi connectivity index (χ0) is 27.4. The Morgan fingerprint density at radius 2 is 1.21 bits per heavy atom. The van der Waals surface area contributed by atoms with E-state index in [2.05, 4.69) is 43.0 Å². The van der Waals surface area contributed by atoms with Gasteiger partial charge in [-0.1, -0.05) is 60.7 Å². The van der Waals surface area contributed by atoms with Crippen molar-refractivity contribution in [1.29, 1.82) is 0 Å². The van der Waals surface area contributed by atoms with E-state index < -0.39 is 0 Å². The number of nitrogens with zero attached hydrogens (tertiary/aromatic N) is 2. The third-order valence-electron chi connectivity index (χ3n) is 7.68. The zero-order valence-electron chi connectivity index (χ0n) is 22.5. The van der Waals surface area contributed by atoms with E-state index >= 15 is 0 Å². The number of carbonyl (C=O) groups is 1. The van der Waals surface area contributed by atoms with E-state index in [1.807, 2.05) is 42.5 Å². The summed E-state index contributed by atoms with van der Waals surface area (Å²) in [6.45, 7) is 5.94. The molecule has 2 heterocycles. The van der Waals surface area contributed by atoms with Crippen molar-refractivity contribution < 1.29 is 13.6 Å². The smallest absolute Gasteiger partial charge is 0.227 e. The van der Waals surface area contributed by atoms with E-state index in [4.69, 9.17) is 0 Å². The summed E-state index contributed by atoms with van der Waals surface area (Å²) in [5.41, 5.74) is 6.51. The molecule has 200 valence electrons. The number of amides is 1. The second kappa shape index (κ2) is 11.4. The quantitative estimate of drug-likeness (QED) is 0.271. The summed E-state index contributed by atoms with van der Waals surface area (Å²) in [5.74, 6) is -0.279. The minimum atomic E-state index is -0.243. The fourth-order valence-corrected chi connectivity index (χ4v) is 5.45. The van der Waals surface area contributed by atoms with Crippen LogP contribution < -0.4 is 9.80 Å². The number of hydrogen-bond donors (Lipinski definition) is 0. The molecule has 4 aromatic rings. The SMILES string of the molecule is CC1(C)CCc2cc(F)ccc2N1Cc1ccccc1.O=C1CCc2cc(F)ccc2N1Cc1ccccc1. The maximum absolute atomic E-state index is 13.4. The highest BCUT2D eigenvalue weighted by atomic mass is 19.1. The number of benzene rings is 4. The van der Waals surface area contributed by atoms with Crippen LogP contribution in [-0.2, 0) is 30.7 Å². The van der Waals surface area contributed by atoms with E-state index in [0.717, 1.165) is 41.8 Å². The van der Waals surface area contributed by atoms with Gasteiger partial charge in [0.1, 0.15) is 11.6 Å². The van der Waals surface area contributed by atoms with Gasteiger partial charge < -0.3 is 9.80 Å². The average molecular weight is 525 g/mol. The Hall–Kier alpha value is -3.99. The summed E-state index contributed by atoms with van der Waals surface area (Å²) in [7, 11) is 0. The molecule has 39 heavy (non-hydrogen) atoms. The van der Waals surface area contributed by atoms with Crippen LogP contribution in [0.1, 0.15) is 48.9 Å². The van der Waals surface area contributed by atoms with Crippen molar-refractivity contribution in [3.63, 3.8) is 0 Å². The molecule has 2 aliphatic rings. The Morgan fingerprint density at radius 3 is 1.82 bits per heavy atom. The van der Waals surface area contributed by atoms with Crippen LogP contribution >= 0.6 is 0 Å². The first-order chi connectivity index (χ1) is 18.8. The van der Waals surface area contributed by atoms with Gasteiger partial charge in [0.25, 0.3) is 0 Å². The third kappa shape index (κ3) is 6.19. The molecule has 0 N–H and O–H groups in total. The molecule has 5 heteroatoms. The van der Waals surface area contributed by atoms with Crippen molar-refractivity contribution in [3.8, 4) is 0 Å². The van der Waals surface area contributed by atoms with Gasteiger partial charge in [0, 0.05) is 29.9 Å². The summed E-state index contributed by atoms with van der Waals surface area (Å²) in [4.78, 5) is 16.2. The summed E-state index contributed by atoms with van der Waals surface area (Å²) in [6.07, 6.45) is 3.07. The molecule has 3 nitrogen and oxygen atoms in total. The van der Waals surface area contributed by atoms with Crippen LogP contribution in [0.4, 0.5) is 20.2 Å². The van der Waals surface area contributed by atoms with Gasteiger partial charge in [-0.3, -0.25) is 4.79 Å². The number of halogens is 2. The Balaban J connectivity index is 0.000000158. The Labute approximate surface area is 229 Å². The Bertz CT molecular complexity index is 1440. The minimum Gasteiger partial charge on any atom is -0.362 e. The number of carbonyl (C=O) groups excluding carboxylic acids is 1. The largest absolute Gasteiger partial charge is 0.362 e. The van der Waals surface area contributed by atoms with Crippen LogP contribution in [0.5, 0.6) is 0 Å². The van der Waals surface area contributed by atoms with Crippen LogP contribution in [0.25, 0.3) is 0 Å². The van der Waals surface area contributed by atoms with Crippen molar-refractivity contribution in [2.45, 2.75) is 58.2 Å². The number of fused-ring (bicyclic) bond motifs is 2. The molecular weight excluding hydrogens is 490 g/mol. The molecule has 0 atom stereocenters. The molecule has 0 saturated heterocycles. The lowest BCUT2D eigenvalue weighted by Gasteiger charge is -2.45. The molecule has 2 aliphatic heterocycles. The second-order valence-electron chi connectivity index (χ2n) is 10.9. The van der Waals surface area contributed by atoms with Gasteiger partial charge in [-0.25, -0.2) is 8.78 Å². The molecule has 0 aliphatic carbocycles. The Kier molecular flexibility index (Phi) is 7.78. The minimum absolute atomic E-state index is 0.0979. The topological polar surface area (TPSA) is 23.6 Å². The highest BCUT2D eigenvalue weighted by Gasteiger charge is 2.32. The lowest BCUT2D eigenvalue weighted by molar-refractivity contribution is -0.119. The van der Waals surface area contributed by atoms with Gasteiger partial charge in [0.2, 0.25) is 5.91 Å². The highest BCUT2D eigenvalue weighted by molar-refractivity contribution is 5.96. The van der Waals surface area contributed by atoms with Crippen molar-refractivity contribution >= 4 is 17.3 Å². The number of rotatable bonds is 4. The van der Waals surface area contributed by atoms with E-state index in [1.165, 1.54) is 23.4 Å². The Morgan fingerprint density at radius 1 is 0.667 bits per heavy atom. The second-order valence-corrected chi connectivity index (χ2v) is 10.9. The number of aryl methyl sites for hydroxylation is 2. The third-order valence-corrected chi connectivity index (χ3v) is 7.68. The monoisotopic (exact) mass is 524 g/mol. The molecule has 0 bridgehead atoms. The molecule has 0 fully saturated rings. The summed E-state index contributed by atoms with van der Waals surface area (Å²) in [5, 5.41) is 0. The van der Waals surface area contributed by atoms with E-state index in [1.54, 1.807) is 23.1 Å². The molecule has 0 saturated carbocycles. The summed E-state index contributed by atoms with van der Waals surface area (Å²) >= 11 is 0. The maximum Gasteiger partial charge on any atom is 0.227 e. The fraction of sp³-hybridized carbons (Fsp3) is 0.265. The van der Waals surface area contributed by atoms with Crippen molar-refractivity contribution in [2.75, 3.05) is 9.80 Å². The first-order valence-electron chi connectivity index (χ1n) is 13.5. The lowest BCUT2D eigenvalue weighted by Crippen LogP contribution is -2.47. The molecule has 6 rings (SSSR count). The zero-order valence-corrected chi connectivity index (χ0v) is 22.5.